The predicted molar refractivity (Wildman–Crippen MR) is 153 cm³/mol. The molecule has 1 aliphatic carbocycles. The zero-order valence-electron chi connectivity index (χ0n) is 24.4. The van der Waals surface area contributed by atoms with Crippen LogP contribution in [-0.2, 0) is 21.2 Å². The molecule has 0 radical (unpaired) electrons. The molecule has 0 bridgehead atoms. The quantitative estimate of drug-likeness (QED) is 0.462. The molecule has 11 heteroatoms. The number of benzene rings is 1. The third-order valence-electron chi connectivity index (χ3n) is 8.19. The second kappa shape index (κ2) is 12.9. The Morgan fingerprint density at radius 3 is 2.58 bits per heavy atom. The number of sulfonamides is 1. The molecule has 1 aliphatic heterocycles. The van der Waals surface area contributed by atoms with Gasteiger partial charge in [-0.25, -0.2) is 8.42 Å². The van der Waals surface area contributed by atoms with E-state index in [0.29, 0.717) is 36.0 Å². The van der Waals surface area contributed by atoms with Crippen LogP contribution in [0.3, 0.4) is 0 Å². The molecule has 1 fully saturated rings. The van der Waals surface area contributed by atoms with E-state index in [4.69, 9.17) is 9.26 Å². The molecule has 2 heterocycles. The molecule has 10 nitrogen and oxygen atoms in total. The molecule has 1 aromatic carbocycles. The van der Waals surface area contributed by atoms with Crippen molar-refractivity contribution in [1.82, 2.24) is 15.0 Å². The van der Waals surface area contributed by atoms with Gasteiger partial charge in [-0.1, -0.05) is 31.3 Å². The van der Waals surface area contributed by atoms with E-state index in [1.54, 1.807) is 36.9 Å². The molecule has 3 atom stereocenters. The zero-order valence-corrected chi connectivity index (χ0v) is 25.2. The van der Waals surface area contributed by atoms with E-state index in [1.807, 2.05) is 6.92 Å². The predicted octanol–water partition coefficient (Wildman–Crippen LogP) is 3.75. The summed E-state index contributed by atoms with van der Waals surface area (Å²) in [7, 11) is -1.83. The maximum Gasteiger partial charge on any atom is 0.267 e. The number of amides is 1. The molecule has 2 aliphatic rings. The van der Waals surface area contributed by atoms with E-state index in [2.05, 4.69) is 28.8 Å². The largest absolute Gasteiger partial charge is 0.488 e. The van der Waals surface area contributed by atoms with Crippen molar-refractivity contribution in [2.75, 3.05) is 38.0 Å². The monoisotopic (exact) mass is 576 g/mol. The number of carbonyl (C=O) groups is 1. The lowest BCUT2D eigenvalue weighted by Gasteiger charge is -2.35. The highest BCUT2D eigenvalue weighted by atomic mass is 32.2. The highest BCUT2D eigenvalue weighted by Gasteiger charge is 2.32. The van der Waals surface area contributed by atoms with E-state index in [9.17, 15) is 18.3 Å². The fourth-order valence-corrected chi connectivity index (χ4v) is 7.35. The van der Waals surface area contributed by atoms with Crippen molar-refractivity contribution < 1.29 is 27.6 Å². The van der Waals surface area contributed by atoms with Crippen molar-refractivity contribution in [3.05, 3.63) is 35.2 Å². The van der Waals surface area contributed by atoms with Crippen LogP contribution >= 0.6 is 0 Å². The number of aliphatic hydroxyl groups excluding tert-OH is 1. The minimum absolute atomic E-state index is 0.00112. The van der Waals surface area contributed by atoms with E-state index in [0.717, 1.165) is 6.54 Å². The molecule has 1 aromatic heterocycles. The summed E-state index contributed by atoms with van der Waals surface area (Å²) in [4.78, 5) is 17.5. The van der Waals surface area contributed by atoms with Crippen LogP contribution in [0, 0.1) is 25.7 Å². The van der Waals surface area contributed by atoms with Crippen LogP contribution in [0.15, 0.2) is 27.6 Å². The minimum Gasteiger partial charge on any atom is -0.488 e. The second-order valence-corrected chi connectivity index (χ2v) is 13.3. The standard InChI is InChI=1S/C29H44N4O6S/c1-19-15-33(20(2)18-34)28(35)14-24-13-25(31-40(36,37)29-21(3)30-39-22(29)4)11-12-26(24)38-27(19)17-32(5)16-23-9-7-6-8-10-23/h11-13,19-20,23,27,31,34H,6-10,14-18H2,1-5H3/t19-,20-,27-/m0/s1. The lowest BCUT2D eigenvalue weighted by Crippen LogP contribution is -2.48. The van der Waals surface area contributed by atoms with Crippen LogP contribution in [0.5, 0.6) is 5.75 Å². The number of hydrogen-bond acceptors (Lipinski definition) is 8. The van der Waals surface area contributed by atoms with Crippen molar-refractivity contribution >= 4 is 21.6 Å². The number of likely N-dealkylation sites (N-methyl/N-ethyl adjacent to an activating group) is 1. The first-order valence-corrected chi connectivity index (χ1v) is 15.8. The molecule has 4 rings (SSSR count). The van der Waals surface area contributed by atoms with Crippen LogP contribution in [0.2, 0.25) is 0 Å². The average Bonchev–Trinajstić information content (AvgIpc) is 3.27. The summed E-state index contributed by atoms with van der Waals surface area (Å²) in [5.41, 5.74) is 1.18. The van der Waals surface area contributed by atoms with Crippen molar-refractivity contribution in [3.63, 3.8) is 0 Å². The SMILES string of the molecule is Cc1noc(C)c1S(=O)(=O)Nc1ccc2c(c1)CC(=O)N([C@@H](C)CO)C[C@H](C)[C@H](CN(C)CC1CCCCC1)O2. The summed E-state index contributed by atoms with van der Waals surface area (Å²) in [6, 6.07) is 4.69. The number of anilines is 1. The number of carbonyl (C=O) groups excluding carboxylic acids is 1. The number of hydrogen-bond donors (Lipinski definition) is 2. The molecule has 1 saturated carbocycles. The molecule has 1 amide bonds. The Morgan fingerprint density at radius 2 is 1.93 bits per heavy atom. The number of fused-ring (bicyclic) bond motifs is 1. The van der Waals surface area contributed by atoms with E-state index >= 15 is 0 Å². The Kier molecular flexibility index (Phi) is 9.79. The summed E-state index contributed by atoms with van der Waals surface area (Å²) in [6.07, 6.45) is 6.26. The molecule has 0 unspecified atom stereocenters. The number of aromatic nitrogens is 1. The molecular formula is C29H44N4O6S. The number of aryl methyl sites for hydroxylation is 2. The second-order valence-electron chi connectivity index (χ2n) is 11.7. The molecule has 2 aromatic rings. The van der Waals surface area contributed by atoms with Crippen LogP contribution in [0.25, 0.3) is 0 Å². The number of rotatable bonds is 9. The average molecular weight is 577 g/mol. The fourth-order valence-electron chi connectivity index (χ4n) is 5.97. The van der Waals surface area contributed by atoms with Gasteiger partial charge in [-0.2, -0.15) is 0 Å². The highest BCUT2D eigenvalue weighted by Crippen LogP contribution is 2.31. The Balaban J connectivity index is 1.61. The number of nitrogens with zero attached hydrogens (tertiary/aromatic N) is 3. The lowest BCUT2D eigenvalue weighted by molar-refractivity contribution is -0.134. The van der Waals surface area contributed by atoms with Crippen molar-refractivity contribution in [3.8, 4) is 5.75 Å². The van der Waals surface area contributed by atoms with Gasteiger partial charge in [0.05, 0.1) is 19.1 Å². The smallest absolute Gasteiger partial charge is 0.267 e. The summed E-state index contributed by atoms with van der Waals surface area (Å²) in [5.74, 6) is 1.33. The van der Waals surface area contributed by atoms with Gasteiger partial charge in [0.2, 0.25) is 5.91 Å². The van der Waals surface area contributed by atoms with Gasteiger partial charge in [-0.05, 0) is 64.8 Å². The molecule has 40 heavy (non-hydrogen) atoms. The Hall–Kier alpha value is -2.63. The lowest BCUT2D eigenvalue weighted by atomic mass is 9.89. The highest BCUT2D eigenvalue weighted by molar-refractivity contribution is 7.92. The fraction of sp³-hybridized carbons (Fsp3) is 0.655. The number of aliphatic hydroxyl groups is 1. The topological polar surface area (TPSA) is 125 Å². The van der Waals surface area contributed by atoms with Gasteiger partial charge >= 0.3 is 0 Å². The van der Waals surface area contributed by atoms with Gasteiger partial charge < -0.3 is 24.2 Å². The number of ether oxygens (including phenoxy) is 1. The maximum absolute atomic E-state index is 13.5. The van der Waals surface area contributed by atoms with Gasteiger partial charge in [-0.15, -0.1) is 0 Å². The van der Waals surface area contributed by atoms with Gasteiger partial charge in [0.15, 0.2) is 10.7 Å². The van der Waals surface area contributed by atoms with Gasteiger partial charge in [0.25, 0.3) is 10.0 Å². The van der Waals surface area contributed by atoms with Crippen molar-refractivity contribution in [1.29, 1.82) is 0 Å². The van der Waals surface area contributed by atoms with E-state index < -0.39 is 10.0 Å². The minimum atomic E-state index is -3.95. The van der Waals surface area contributed by atoms with Crippen LogP contribution in [0.1, 0.15) is 63.0 Å². The zero-order chi connectivity index (χ0) is 29.0. The summed E-state index contributed by atoms with van der Waals surface area (Å²) in [5, 5.41) is 13.7. The first kappa shape index (κ1) is 30.3. The van der Waals surface area contributed by atoms with E-state index in [-0.39, 0.29) is 53.3 Å². The molecule has 2 N–H and O–H groups in total. The Labute approximate surface area is 238 Å². The Bertz CT molecular complexity index is 1250. The van der Waals surface area contributed by atoms with Crippen LogP contribution in [-0.4, -0.2) is 79.8 Å². The first-order valence-electron chi connectivity index (χ1n) is 14.3. The first-order chi connectivity index (χ1) is 19.0. The van der Waals surface area contributed by atoms with Gasteiger partial charge in [0, 0.05) is 36.8 Å². The summed E-state index contributed by atoms with van der Waals surface area (Å²) < 4.78 is 40.5. The third kappa shape index (κ3) is 7.16. The third-order valence-corrected chi connectivity index (χ3v) is 9.82. The van der Waals surface area contributed by atoms with Crippen molar-refractivity contribution in [2.24, 2.45) is 11.8 Å². The molecular weight excluding hydrogens is 532 g/mol. The van der Waals surface area contributed by atoms with E-state index in [1.165, 1.54) is 32.1 Å². The summed E-state index contributed by atoms with van der Waals surface area (Å²) in [6.45, 7) is 9.07. The molecule has 0 spiro atoms. The van der Waals surface area contributed by atoms with Crippen molar-refractivity contribution in [2.45, 2.75) is 83.3 Å². The van der Waals surface area contributed by atoms with Gasteiger partial charge in [-0.3, -0.25) is 9.52 Å². The van der Waals surface area contributed by atoms with Crippen LogP contribution in [0.4, 0.5) is 5.69 Å². The molecule has 222 valence electrons. The number of nitrogens with one attached hydrogen (secondary N) is 1. The van der Waals surface area contributed by atoms with Crippen LogP contribution < -0.4 is 9.46 Å². The van der Waals surface area contributed by atoms with Gasteiger partial charge in [0.1, 0.15) is 17.5 Å². The normalized spacial score (nSPS) is 21.8. The summed E-state index contributed by atoms with van der Waals surface area (Å²) >= 11 is 0. The maximum atomic E-state index is 13.5. The molecule has 0 saturated heterocycles. The Morgan fingerprint density at radius 1 is 1.20 bits per heavy atom.